The number of rotatable bonds is 1. The summed E-state index contributed by atoms with van der Waals surface area (Å²) in [5.41, 5.74) is 0. The van der Waals surface area contributed by atoms with Crippen molar-refractivity contribution in [2.75, 3.05) is 73.0 Å². The van der Waals surface area contributed by atoms with Crippen LogP contribution in [0.15, 0.2) is 0 Å². The molecule has 2 aliphatic rings. The molecule has 2 rings (SSSR count). The molecule has 0 aromatic rings. The molecular weight excluding hydrogens is 240 g/mol. The lowest BCUT2D eigenvalue weighted by Gasteiger charge is -2.31. The summed E-state index contributed by atoms with van der Waals surface area (Å²) in [7, 11) is 4.27. The summed E-state index contributed by atoms with van der Waals surface area (Å²) in [5.74, 6) is 0.202. The molecule has 0 bridgehead atoms. The molecule has 0 aromatic heterocycles. The number of hydrogen-bond donors (Lipinski definition) is 0. The van der Waals surface area contributed by atoms with Crippen molar-refractivity contribution in [2.45, 2.75) is 13.8 Å². The second-order valence-electron chi connectivity index (χ2n) is 5.55. The van der Waals surface area contributed by atoms with Crippen LogP contribution >= 0.6 is 0 Å². The minimum Gasteiger partial charge on any atom is -0.340 e. The van der Waals surface area contributed by atoms with E-state index < -0.39 is 0 Å². The van der Waals surface area contributed by atoms with Gasteiger partial charge in [0.1, 0.15) is 0 Å². The summed E-state index contributed by atoms with van der Waals surface area (Å²) in [5, 5.41) is 0. The molecule has 112 valence electrons. The first-order valence-electron chi connectivity index (χ1n) is 7.38. The second-order valence-corrected chi connectivity index (χ2v) is 5.55. The Bertz CT molecular complexity index is 256. The summed E-state index contributed by atoms with van der Waals surface area (Å²) in [6, 6.07) is 0. The molecule has 2 heterocycles. The van der Waals surface area contributed by atoms with E-state index in [0.29, 0.717) is 0 Å². The van der Waals surface area contributed by atoms with Gasteiger partial charge in [0.15, 0.2) is 0 Å². The average Bonchev–Trinajstić information content (AvgIpc) is 2.41. The van der Waals surface area contributed by atoms with Crippen LogP contribution < -0.4 is 0 Å². The van der Waals surface area contributed by atoms with Crippen molar-refractivity contribution in [3.63, 3.8) is 0 Å². The zero-order chi connectivity index (χ0) is 14.3. The van der Waals surface area contributed by atoms with E-state index in [-0.39, 0.29) is 5.91 Å². The second kappa shape index (κ2) is 8.51. The Hall–Kier alpha value is -0.650. The predicted molar refractivity (Wildman–Crippen MR) is 79.4 cm³/mol. The normalized spacial score (nSPS) is 22.8. The lowest BCUT2D eigenvalue weighted by Crippen LogP contribution is -2.46. The van der Waals surface area contributed by atoms with Gasteiger partial charge in [-0.1, -0.05) is 6.92 Å². The molecule has 0 N–H and O–H groups in total. The largest absolute Gasteiger partial charge is 0.340 e. The highest BCUT2D eigenvalue weighted by Gasteiger charge is 2.14. The Morgan fingerprint density at radius 3 is 1.63 bits per heavy atom. The molecule has 0 aromatic carbocycles. The molecule has 5 nitrogen and oxygen atoms in total. The SMILES string of the molecule is CC(=O)N1CCN(C)CC1.CCN1CCN(C)CC1. The first-order valence-corrected chi connectivity index (χ1v) is 7.38. The number of carbonyl (C=O) groups excluding carboxylic acids is 1. The predicted octanol–water partition coefficient (Wildman–Crippen LogP) is 0.0340. The van der Waals surface area contributed by atoms with Crippen LogP contribution in [0.1, 0.15) is 13.8 Å². The fraction of sp³-hybridized carbons (Fsp3) is 0.929. The fourth-order valence-electron chi connectivity index (χ4n) is 2.29. The third-order valence-corrected chi connectivity index (χ3v) is 3.99. The van der Waals surface area contributed by atoms with Gasteiger partial charge in [0, 0.05) is 59.3 Å². The Balaban J connectivity index is 0.000000191. The molecule has 2 saturated heterocycles. The third kappa shape index (κ3) is 6.36. The molecular formula is C14H30N4O. The summed E-state index contributed by atoms with van der Waals surface area (Å²) < 4.78 is 0. The average molecular weight is 270 g/mol. The molecule has 1 amide bonds. The maximum absolute atomic E-state index is 10.8. The molecule has 0 aliphatic carbocycles. The highest BCUT2D eigenvalue weighted by atomic mass is 16.2. The summed E-state index contributed by atoms with van der Waals surface area (Å²) in [4.78, 5) is 19.8. The lowest BCUT2D eigenvalue weighted by atomic mass is 10.3. The zero-order valence-electron chi connectivity index (χ0n) is 13.1. The van der Waals surface area contributed by atoms with Gasteiger partial charge in [-0.15, -0.1) is 0 Å². The summed E-state index contributed by atoms with van der Waals surface area (Å²) >= 11 is 0. The van der Waals surface area contributed by atoms with Crippen LogP contribution in [0.5, 0.6) is 0 Å². The smallest absolute Gasteiger partial charge is 0.219 e. The lowest BCUT2D eigenvalue weighted by molar-refractivity contribution is -0.130. The number of hydrogen-bond acceptors (Lipinski definition) is 4. The van der Waals surface area contributed by atoms with Gasteiger partial charge in [-0.05, 0) is 20.6 Å². The monoisotopic (exact) mass is 270 g/mol. The van der Waals surface area contributed by atoms with Crippen molar-refractivity contribution in [3.05, 3.63) is 0 Å². The van der Waals surface area contributed by atoms with Crippen molar-refractivity contribution in [2.24, 2.45) is 0 Å². The quantitative estimate of drug-likeness (QED) is 0.673. The number of piperazine rings is 2. The van der Waals surface area contributed by atoms with Crippen LogP contribution in [0.2, 0.25) is 0 Å². The van der Waals surface area contributed by atoms with Gasteiger partial charge in [-0.3, -0.25) is 4.79 Å². The summed E-state index contributed by atoms with van der Waals surface area (Å²) in [6.07, 6.45) is 0. The van der Waals surface area contributed by atoms with Crippen molar-refractivity contribution in [1.82, 2.24) is 19.6 Å². The molecule has 2 aliphatic heterocycles. The minimum atomic E-state index is 0.202. The molecule has 0 atom stereocenters. The van der Waals surface area contributed by atoms with E-state index in [4.69, 9.17) is 0 Å². The van der Waals surface area contributed by atoms with Crippen LogP contribution in [-0.2, 0) is 4.79 Å². The third-order valence-electron chi connectivity index (χ3n) is 3.99. The maximum Gasteiger partial charge on any atom is 0.219 e. The van der Waals surface area contributed by atoms with Crippen molar-refractivity contribution >= 4 is 5.91 Å². The number of amides is 1. The number of likely N-dealkylation sites (N-methyl/N-ethyl adjacent to an activating group) is 3. The first-order chi connectivity index (χ1) is 9.02. The Morgan fingerprint density at radius 1 is 0.842 bits per heavy atom. The van der Waals surface area contributed by atoms with Gasteiger partial charge in [0.05, 0.1) is 0 Å². The Kier molecular flexibility index (Phi) is 7.34. The molecule has 2 fully saturated rings. The van der Waals surface area contributed by atoms with E-state index in [1.807, 2.05) is 4.90 Å². The van der Waals surface area contributed by atoms with Crippen molar-refractivity contribution in [1.29, 1.82) is 0 Å². The van der Waals surface area contributed by atoms with E-state index in [1.165, 1.54) is 32.7 Å². The molecule has 0 unspecified atom stereocenters. The van der Waals surface area contributed by atoms with Gasteiger partial charge in [0.25, 0.3) is 0 Å². The van der Waals surface area contributed by atoms with Crippen LogP contribution in [0.3, 0.4) is 0 Å². The van der Waals surface area contributed by atoms with E-state index >= 15 is 0 Å². The van der Waals surface area contributed by atoms with E-state index in [9.17, 15) is 4.79 Å². The van der Waals surface area contributed by atoms with E-state index in [1.54, 1.807) is 6.92 Å². The number of nitrogens with zero attached hydrogens (tertiary/aromatic N) is 4. The first kappa shape index (κ1) is 16.4. The highest BCUT2D eigenvalue weighted by molar-refractivity contribution is 5.73. The molecule has 0 saturated carbocycles. The van der Waals surface area contributed by atoms with Crippen LogP contribution in [0.4, 0.5) is 0 Å². The van der Waals surface area contributed by atoms with E-state index in [0.717, 1.165) is 26.2 Å². The summed E-state index contributed by atoms with van der Waals surface area (Å²) in [6.45, 7) is 13.9. The minimum absolute atomic E-state index is 0.202. The molecule has 0 spiro atoms. The van der Waals surface area contributed by atoms with E-state index in [2.05, 4.69) is 35.7 Å². The highest BCUT2D eigenvalue weighted by Crippen LogP contribution is 1.98. The van der Waals surface area contributed by atoms with Crippen molar-refractivity contribution < 1.29 is 4.79 Å². The molecule has 19 heavy (non-hydrogen) atoms. The maximum atomic E-state index is 10.8. The topological polar surface area (TPSA) is 30.0 Å². The van der Waals surface area contributed by atoms with Gasteiger partial charge in [-0.2, -0.15) is 0 Å². The van der Waals surface area contributed by atoms with Crippen LogP contribution in [0, 0.1) is 0 Å². The van der Waals surface area contributed by atoms with Gasteiger partial charge >= 0.3 is 0 Å². The standard InChI is InChI=1S/C7H14N2O.C7H16N2/c1-7(10)9-5-3-8(2)4-6-9;1-3-9-6-4-8(2)5-7-9/h3-6H2,1-2H3;3-7H2,1-2H3. The Labute approximate surface area is 118 Å². The van der Waals surface area contributed by atoms with Gasteiger partial charge in [-0.25, -0.2) is 0 Å². The number of carbonyl (C=O) groups is 1. The van der Waals surface area contributed by atoms with Gasteiger partial charge < -0.3 is 19.6 Å². The van der Waals surface area contributed by atoms with Gasteiger partial charge in [0.2, 0.25) is 5.91 Å². The Morgan fingerprint density at radius 2 is 1.26 bits per heavy atom. The fourth-order valence-corrected chi connectivity index (χ4v) is 2.29. The molecule has 5 heteroatoms. The molecule has 0 radical (unpaired) electrons. The van der Waals surface area contributed by atoms with Crippen LogP contribution in [0.25, 0.3) is 0 Å². The van der Waals surface area contributed by atoms with Crippen LogP contribution in [-0.4, -0.2) is 98.5 Å². The zero-order valence-corrected chi connectivity index (χ0v) is 13.1. The van der Waals surface area contributed by atoms with Crippen molar-refractivity contribution in [3.8, 4) is 0 Å².